The lowest BCUT2D eigenvalue weighted by Gasteiger charge is -2.04. The quantitative estimate of drug-likeness (QED) is 0.705. The predicted octanol–water partition coefficient (Wildman–Crippen LogP) is 2.91. The lowest BCUT2D eigenvalue weighted by atomic mass is 10.3. The summed E-state index contributed by atoms with van der Waals surface area (Å²) in [5.74, 6) is 0. The fraction of sp³-hybridized carbons (Fsp3) is 0.333. The van der Waals surface area contributed by atoms with Crippen LogP contribution < -0.4 is 0 Å². The summed E-state index contributed by atoms with van der Waals surface area (Å²) in [6, 6.07) is 1.84. The van der Waals surface area contributed by atoms with Gasteiger partial charge in [-0.1, -0.05) is 30.1 Å². The molecule has 3 nitrogen and oxygen atoms in total. The lowest BCUT2D eigenvalue weighted by molar-refractivity contribution is 0.895. The zero-order valence-electron chi connectivity index (χ0n) is 7.88. The normalized spacial score (nSPS) is 11.1. The summed E-state index contributed by atoms with van der Waals surface area (Å²) in [7, 11) is 0. The smallest absolute Gasteiger partial charge is 0.158 e. The summed E-state index contributed by atoms with van der Waals surface area (Å²) < 4.78 is 1.61. The van der Waals surface area contributed by atoms with Crippen LogP contribution in [0.1, 0.15) is 18.2 Å². The van der Waals surface area contributed by atoms with Gasteiger partial charge in [-0.05, 0) is 13.3 Å². The van der Waals surface area contributed by atoms with E-state index in [1.54, 1.807) is 4.52 Å². The van der Waals surface area contributed by atoms with Gasteiger partial charge in [0, 0.05) is 11.6 Å². The van der Waals surface area contributed by atoms with Crippen molar-refractivity contribution >= 4 is 28.8 Å². The van der Waals surface area contributed by atoms with E-state index >= 15 is 0 Å². The molecule has 0 aliphatic rings. The highest BCUT2D eigenvalue weighted by atomic mass is 35.5. The third-order valence-corrected chi connectivity index (χ3v) is 2.76. The Hall–Kier alpha value is -0.800. The molecule has 0 unspecified atom stereocenters. The van der Waals surface area contributed by atoms with Crippen molar-refractivity contribution in [1.82, 2.24) is 14.6 Å². The zero-order chi connectivity index (χ0) is 10.3. The van der Waals surface area contributed by atoms with Crippen LogP contribution in [0.15, 0.2) is 6.07 Å². The van der Waals surface area contributed by atoms with E-state index in [-0.39, 0.29) is 0 Å². The molecule has 0 aliphatic heterocycles. The molecular formula is C9H9Cl2N3. The molecule has 2 heterocycles. The molecule has 0 radical (unpaired) electrons. The van der Waals surface area contributed by atoms with Gasteiger partial charge in [-0.15, -0.1) is 0 Å². The number of rotatable bonds is 1. The molecule has 0 fully saturated rings. The maximum atomic E-state index is 6.14. The van der Waals surface area contributed by atoms with E-state index in [4.69, 9.17) is 23.2 Å². The van der Waals surface area contributed by atoms with Crippen LogP contribution in [0, 0.1) is 6.92 Å². The van der Waals surface area contributed by atoms with Crippen molar-refractivity contribution in [2.75, 3.05) is 0 Å². The first kappa shape index (κ1) is 9.74. The van der Waals surface area contributed by atoms with E-state index < -0.39 is 0 Å². The third-order valence-electron chi connectivity index (χ3n) is 2.06. The highest BCUT2D eigenvalue weighted by Gasteiger charge is 2.11. The molecule has 0 bridgehead atoms. The average molecular weight is 230 g/mol. The molecule has 5 heteroatoms. The largest absolute Gasteiger partial charge is 0.216 e. The molecule has 0 aliphatic carbocycles. The monoisotopic (exact) mass is 229 g/mol. The Morgan fingerprint density at radius 3 is 2.79 bits per heavy atom. The molecule has 74 valence electrons. The van der Waals surface area contributed by atoms with Gasteiger partial charge < -0.3 is 0 Å². The molecule has 0 aromatic carbocycles. The van der Waals surface area contributed by atoms with E-state index in [0.29, 0.717) is 16.0 Å². The van der Waals surface area contributed by atoms with Gasteiger partial charge in [-0.2, -0.15) is 5.10 Å². The van der Waals surface area contributed by atoms with Crippen LogP contribution in [0.5, 0.6) is 0 Å². The zero-order valence-corrected chi connectivity index (χ0v) is 9.39. The Morgan fingerprint density at radius 2 is 2.14 bits per heavy atom. The molecule has 0 N–H and O–H groups in total. The van der Waals surface area contributed by atoms with Crippen molar-refractivity contribution in [1.29, 1.82) is 0 Å². The number of aryl methyl sites for hydroxylation is 1. The summed E-state index contributed by atoms with van der Waals surface area (Å²) in [5, 5.41) is 5.24. The minimum Gasteiger partial charge on any atom is -0.216 e. The van der Waals surface area contributed by atoms with Gasteiger partial charge >= 0.3 is 0 Å². The molecule has 0 saturated carbocycles. The Balaban J connectivity index is 2.84. The van der Waals surface area contributed by atoms with E-state index in [1.807, 2.05) is 19.9 Å². The first-order chi connectivity index (χ1) is 6.63. The maximum Gasteiger partial charge on any atom is 0.158 e. The minimum atomic E-state index is 0.463. The van der Waals surface area contributed by atoms with Crippen molar-refractivity contribution in [3.05, 3.63) is 27.6 Å². The maximum absolute atomic E-state index is 6.14. The molecular weight excluding hydrogens is 221 g/mol. The Kier molecular flexibility index (Phi) is 2.37. The summed E-state index contributed by atoms with van der Waals surface area (Å²) in [6.45, 7) is 3.88. The minimum absolute atomic E-state index is 0.463. The third kappa shape index (κ3) is 1.37. The van der Waals surface area contributed by atoms with Crippen molar-refractivity contribution in [3.63, 3.8) is 0 Å². The van der Waals surface area contributed by atoms with E-state index in [2.05, 4.69) is 10.1 Å². The van der Waals surface area contributed by atoms with Crippen LogP contribution >= 0.6 is 23.2 Å². The second-order valence-electron chi connectivity index (χ2n) is 3.08. The molecule has 0 spiro atoms. The van der Waals surface area contributed by atoms with Gasteiger partial charge in [0.2, 0.25) is 0 Å². The molecule has 2 aromatic rings. The van der Waals surface area contributed by atoms with Crippen molar-refractivity contribution < 1.29 is 0 Å². The number of hydrogen-bond acceptors (Lipinski definition) is 2. The number of halogens is 2. The number of aromatic nitrogens is 3. The summed E-state index contributed by atoms with van der Waals surface area (Å²) >= 11 is 12.1. The SMILES string of the molecule is CCc1c(Cl)nc2cc(C)nn2c1Cl. The molecule has 0 amide bonds. The Morgan fingerprint density at radius 1 is 1.43 bits per heavy atom. The second-order valence-corrected chi connectivity index (χ2v) is 3.80. The first-order valence-electron chi connectivity index (χ1n) is 4.33. The Bertz CT molecular complexity index is 490. The molecule has 14 heavy (non-hydrogen) atoms. The topological polar surface area (TPSA) is 30.2 Å². The van der Waals surface area contributed by atoms with Gasteiger partial charge in [0.25, 0.3) is 0 Å². The Labute approximate surface area is 91.7 Å². The van der Waals surface area contributed by atoms with Crippen LogP contribution in [0.2, 0.25) is 10.3 Å². The summed E-state index contributed by atoms with van der Waals surface area (Å²) in [5.41, 5.74) is 2.40. The molecule has 2 rings (SSSR count). The van der Waals surface area contributed by atoms with Crippen LogP contribution in [0.3, 0.4) is 0 Å². The second kappa shape index (κ2) is 3.41. The van der Waals surface area contributed by atoms with Gasteiger partial charge in [-0.25, -0.2) is 9.50 Å². The fourth-order valence-electron chi connectivity index (χ4n) is 1.38. The van der Waals surface area contributed by atoms with Crippen LogP contribution in [0.4, 0.5) is 0 Å². The number of nitrogens with zero attached hydrogens (tertiary/aromatic N) is 3. The van der Waals surface area contributed by atoms with Gasteiger partial charge in [0.1, 0.15) is 10.3 Å². The predicted molar refractivity (Wildman–Crippen MR) is 57.1 cm³/mol. The van der Waals surface area contributed by atoms with Crippen molar-refractivity contribution in [2.24, 2.45) is 0 Å². The van der Waals surface area contributed by atoms with Gasteiger partial charge in [-0.3, -0.25) is 0 Å². The van der Waals surface area contributed by atoms with Crippen LogP contribution in [-0.2, 0) is 6.42 Å². The fourth-order valence-corrected chi connectivity index (χ4v) is 2.09. The molecule has 2 aromatic heterocycles. The van der Waals surface area contributed by atoms with Gasteiger partial charge in [0.05, 0.1) is 5.69 Å². The molecule has 0 saturated heterocycles. The van der Waals surface area contributed by atoms with E-state index in [1.165, 1.54) is 0 Å². The highest BCUT2D eigenvalue weighted by Crippen LogP contribution is 2.24. The lowest BCUT2D eigenvalue weighted by Crippen LogP contribution is -1.98. The van der Waals surface area contributed by atoms with Crippen LogP contribution in [-0.4, -0.2) is 14.6 Å². The number of fused-ring (bicyclic) bond motifs is 1. The number of hydrogen-bond donors (Lipinski definition) is 0. The summed E-state index contributed by atoms with van der Waals surface area (Å²) in [6.07, 6.45) is 0.750. The van der Waals surface area contributed by atoms with Crippen molar-refractivity contribution in [3.8, 4) is 0 Å². The molecule has 0 atom stereocenters. The van der Waals surface area contributed by atoms with Crippen LogP contribution in [0.25, 0.3) is 5.65 Å². The first-order valence-corrected chi connectivity index (χ1v) is 5.09. The average Bonchev–Trinajstić information content (AvgIpc) is 2.47. The standard InChI is InChI=1S/C9H9Cl2N3/c1-3-6-8(10)12-7-4-5(2)13-14(7)9(6)11/h4H,3H2,1-2H3. The van der Waals surface area contributed by atoms with Crippen molar-refractivity contribution in [2.45, 2.75) is 20.3 Å². The van der Waals surface area contributed by atoms with E-state index in [0.717, 1.165) is 17.7 Å². The van der Waals surface area contributed by atoms with E-state index in [9.17, 15) is 0 Å². The highest BCUT2D eigenvalue weighted by molar-refractivity contribution is 6.34. The van der Waals surface area contributed by atoms with Gasteiger partial charge in [0.15, 0.2) is 5.65 Å². The summed E-state index contributed by atoms with van der Waals surface area (Å²) in [4.78, 5) is 4.21.